The fraction of sp³-hybridized carbons (Fsp3) is 0. The van der Waals surface area contributed by atoms with Crippen molar-refractivity contribution in [2.24, 2.45) is 4.99 Å². The number of benzene rings is 3. The Morgan fingerprint density at radius 1 is 0.960 bits per heavy atom. The van der Waals surface area contributed by atoms with Gasteiger partial charge in [-0.2, -0.15) is 0 Å². The fourth-order valence-electron chi connectivity index (χ4n) is 2.63. The first-order chi connectivity index (χ1) is 12.2. The molecule has 3 aromatic carbocycles. The molecule has 3 aromatic rings. The predicted molar refractivity (Wildman–Crippen MR) is 106 cm³/mol. The molecule has 0 spiro atoms. The van der Waals surface area contributed by atoms with E-state index in [1.54, 1.807) is 12.1 Å². The molecule has 4 rings (SSSR count). The zero-order valence-electron chi connectivity index (χ0n) is 13.1. The lowest BCUT2D eigenvalue weighted by atomic mass is 10.0. The van der Waals surface area contributed by atoms with E-state index in [-0.39, 0.29) is 5.91 Å². The van der Waals surface area contributed by atoms with E-state index < -0.39 is 0 Å². The minimum Gasteiger partial charge on any atom is -0.300 e. The first kappa shape index (κ1) is 15.9. The van der Waals surface area contributed by atoms with Gasteiger partial charge in [-0.3, -0.25) is 4.79 Å². The highest BCUT2D eigenvalue weighted by Crippen LogP contribution is 2.30. The average molecular weight is 365 g/mol. The van der Waals surface area contributed by atoms with Gasteiger partial charge in [-0.1, -0.05) is 54.1 Å². The second-order valence-corrected chi connectivity index (χ2v) is 6.99. The van der Waals surface area contributed by atoms with Crippen molar-refractivity contribution in [1.29, 1.82) is 0 Å². The van der Waals surface area contributed by atoms with Crippen LogP contribution in [0.25, 0.3) is 16.8 Å². The number of aliphatic imine (C=N–C) groups is 1. The van der Waals surface area contributed by atoms with Gasteiger partial charge in [0.1, 0.15) is 0 Å². The Balaban J connectivity index is 1.66. The third kappa shape index (κ3) is 3.45. The number of carbonyl (C=O) groups excluding carboxylic acids is 1. The van der Waals surface area contributed by atoms with Crippen molar-refractivity contribution in [2.45, 2.75) is 0 Å². The molecule has 0 aliphatic carbocycles. The SMILES string of the molecule is O=C1NC(=Nc2ccc(Cl)cc2)S/C1=C/c1cccc2ccccc12. The molecule has 122 valence electrons. The van der Waals surface area contributed by atoms with Crippen LogP contribution >= 0.6 is 23.4 Å². The van der Waals surface area contributed by atoms with Crippen molar-refractivity contribution in [2.75, 3.05) is 0 Å². The smallest absolute Gasteiger partial charge is 0.264 e. The van der Waals surface area contributed by atoms with Gasteiger partial charge in [-0.15, -0.1) is 0 Å². The molecule has 1 fully saturated rings. The maximum Gasteiger partial charge on any atom is 0.264 e. The van der Waals surface area contributed by atoms with Gasteiger partial charge >= 0.3 is 0 Å². The van der Waals surface area contributed by atoms with Gasteiger partial charge in [0.2, 0.25) is 0 Å². The molecular weight excluding hydrogens is 352 g/mol. The largest absolute Gasteiger partial charge is 0.300 e. The summed E-state index contributed by atoms with van der Waals surface area (Å²) in [4.78, 5) is 17.3. The van der Waals surface area contributed by atoms with Crippen molar-refractivity contribution in [3.63, 3.8) is 0 Å². The van der Waals surface area contributed by atoms with Crippen LogP contribution in [0.2, 0.25) is 5.02 Å². The van der Waals surface area contributed by atoms with Crippen LogP contribution in [0.1, 0.15) is 5.56 Å². The molecule has 1 N–H and O–H groups in total. The summed E-state index contributed by atoms with van der Waals surface area (Å²) in [6, 6.07) is 21.4. The van der Waals surface area contributed by atoms with E-state index in [1.165, 1.54) is 11.8 Å². The third-order valence-electron chi connectivity index (χ3n) is 3.82. The van der Waals surface area contributed by atoms with Crippen LogP contribution in [0.3, 0.4) is 0 Å². The van der Waals surface area contributed by atoms with Crippen LogP contribution < -0.4 is 5.32 Å². The maximum atomic E-state index is 12.3. The standard InChI is InChI=1S/C20H13ClN2OS/c21-15-8-10-16(11-9-15)22-20-23-19(24)18(25-20)12-14-6-3-5-13-4-1-2-7-17(13)14/h1-12H,(H,22,23,24)/b18-12+. The number of nitrogens with one attached hydrogen (secondary N) is 1. The van der Waals surface area contributed by atoms with E-state index in [0.29, 0.717) is 15.1 Å². The van der Waals surface area contributed by atoms with Crippen LogP contribution in [-0.2, 0) is 4.79 Å². The zero-order valence-corrected chi connectivity index (χ0v) is 14.6. The zero-order chi connectivity index (χ0) is 17.2. The number of thioether (sulfide) groups is 1. The van der Waals surface area contributed by atoms with Crippen molar-refractivity contribution >= 4 is 57.0 Å². The molecule has 0 bridgehead atoms. The number of amidine groups is 1. The molecule has 0 radical (unpaired) electrons. The number of rotatable bonds is 2. The molecule has 1 saturated heterocycles. The monoisotopic (exact) mass is 364 g/mol. The topological polar surface area (TPSA) is 41.5 Å². The summed E-state index contributed by atoms with van der Waals surface area (Å²) in [5.41, 5.74) is 1.77. The Kier molecular flexibility index (Phi) is 4.30. The number of fused-ring (bicyclic) bond motifs is 1. The summed E-state index contributed by atoms with van der Waals surface area (Å²) in [6.45, 7) is 0. The second kappa shape index (κ2) is 6.75. The van der Waals surface area contributed by atoms with E-state index in [9.17, 15) is 4.79 Å². The van der Waals surface area contributed by atoms with Crippen LogP contribution in [0.5, 0.6) is 0 Å². The predicted octanol–water partition coefficient (Wildman–Crippen LogP) is 5.38. The average Bonchev–Trinajstić information content (AvgIpc) is 2.96. The lowest BCUT2D eigenvalue weighted by molar-refractivity contribution is -0.115. The molecule has 0 aromatic heterocycles. The molecular formula is C20H13ClN2OS. The van der Waals surface area contributed by atoms with Gasteiger partial charge in [0, 0.05) is 5.02 Å². The molecule has 0 atom stereocenters. The minimum atomic E-state index is -0.134. The van der Waals surface area contributed by atoms with Gasteiger partial charge in [-0.05, 0) is 58.4 Å². The summed E-state index contributed by atoms with van der Waals surface area (Å²) < 4.78 is 0. The lowest BCUT2D eigenvalue weighted by Crippen LogP contribution is -2.19. The van der Waals surface area contributed by atoms with E-state index in [0.717, 1.165) is 22.0 Å². The molecule has 5 heteroatoms. The molecule has 1 aliphatic rings. The summed E-state index contributed by atoms with van der Waals surface area (Å²) in [6.07, 6.45) is 1.91. The number of hydrogen-bond donors (Lipinski definition) is 1. The van der Waals surface area contributed by atoms with Crippen LogP contribution in [0.4, 0.5) is 5.69 Å². The van der Waals surface area contributed by atoms with E-state index in [4.69, 9.17) is 11.6 Å². The lowest BCUT2D eigenvalue weighted by Gasteiger charge is -2.02. The Bertz CT molecular complexity index is 1020. The first-order valence-electron chi connectivity index (χ1n) is 7.72. The van der Waals surface area contributed by atoms with Crippen molar-refractivity contribution in [1.82, 2.24) is 5.32 Å². The molecule has 0 unspecified atom stereocenters. The summed E-state index contributed by atoms with van der Waals surface area (Å²) in [5, 5.41) is 6.30. The highest BCUT2D eigenvalue weighted by Gasteiger charge is 2.24. The molecule has 1 heterocycles. The van der Waals surface area contributed by atoms with Gasteiger partial charge in [0.15, 0.2) is 5.17 Å². The maximum absolute atomic E-state index is 12.3. The number of carbonyl (C=O) groups is 1. The third-order valence-corrected chi connectivity index (χ3v) is 4.98. The van der Waals surface area contributed by atoms with E-state index in [2.05, 4.69) is 28.5 Å². The minimum absolute atomic E-state index is 0.134. The van der Waals surface area contributed by atoms with Gasteiger partial charge < -0.3 is 5.32 Å². The van der Waals surface area contributed by atoms with E-state index >= 15 is 0 Å². The van der Waals surface area contributed by atoms with Crippen LogP contribution in [0.15, 0.2) is 76.6 Å². The van der Waals surface area contributed by atoms with Gasteiger partial charge in [0.25, 0.3) is 5.91 Å². The van der Waals surface area contributed by atoms with Crippen molar-refractivity contribution < 1.29 is 4.79 Å². The summed E-state index contributed by atoms with van der Waals surface area (Å²) in [7, 11) is 0. The molecule has 25 heavy (non-hydrogen) atoms. The van der Waals surface area contributed by atoms with Gasteiger partial charge in [-0.25, -0.2) is 4.99 Å². The van der Waals surface area contributed by atoms with Crippen LogP contribution in [-0.4, -0.2) is 11.1 Å². The quantitative estimate of drug-likeness (QED) is 0.620. The number of halogens is 1. The molecule has 3 nitrogen and oxygen atoms in total. The highest BCUT2D eigenvalue weighted by molar-refractivity contribution is 8.18. The number of nitrogens with zero attached hydrogens (tertiary/aromatic N) is 1. The summed E-state index contributed by atoms with van der Waals surface area (Å²) in [5.74, 6) is -0.134. The number of amides is 1. The Morgan fingerprint density at radius 2 is 1.72 bits per heavy atom. The Morgan fingerprint density at radius 3 is 2.56 bits per heavy atom. The Labute approximate surface area is 154 Å². The second-order valence-electron chi connectivity index (χ2n) is 5.53. The molecule has 0 saturated carbocycles. The van der Waals surface area contributed by atoms with Crippen LogP contribution in [0, 0.1) is 0 Å². The first-order valence-corrected chi connectivity index (χ1v) is 8.91. The van der Waals surface area contributed by atoms with Gasteiger partial charge in [0.05, 0.1) is 10.6 Å². The Hall–Kier alpha value is -2.56. The van der Waals surface area contributed by atoms with E-state index in [1.807, 2.05) is 42.5 Å². The highest BCUT2D eigenvalue weighted by atomic mass is 35.5. The van der Waals surface area contributed by atoms with Crippen molar-refractivity contribution in [3.8, 4) is 0 Å². The normalized spacial score (nSPS) is 17.4. The number of hydrogen-bond acceptors (Lipinski definition) is 3. The molecule has 1 aliphatic heterocycles. The molecule has 1 amide bonds. The summed E-state index contributed by atoms with van der Waals surface area (Å²) >= 11 is 7.22. The fourth-order valence-corrected chi connectivity index (χ4v) is 3.59. The van der Waals surface area contributed by atoms with Crippen molar-refractivity contribution in [3.05, 3.63) is 82.2 Å².